The van der Waals surface area contributed by atoms with Gasteiger partial charge in [0.25, 0.3) is 0 Å². The summed E-state index contributed by atoms with van der Waals surface area (Å²) in [6, 6.07) is 10.2. The van der Waals surface area contributed by atoms with Crippen molar-refractivity contribution in [3.63, 3.8) is 0 Å². The molecule has 4 nitrogen and oxygen atoms in total. The van der Waals surface area contributed by atoms with Crippen molar-refractivity contribution in [2.45, 2.75) is 26.8 Å². The summed E-state index contributed by atoms with van der Waals surface area (Å²) in [5.41, 5.74) is 3.37. The molecule has 1 aromatic carbocycles. The van der Waals surface area contributed by atoms with Crippen LogP contribution in [-0.2, 0) is 20.0 Å². The molecule has 2 rings (SSSR count). The zero-order valence-corrected chi connectivity index (χ0v) is 11.8. The van der Waals surface area contributed by atoms with Gasteiger partial charge >= 0.3 is 0 Å². The van der Waals surface area contributed by atoms with E-state index in [0.717, 1.165) is 30.1 Å². The molecule has 0 aliphatic carbocycles. The topological polar surface area (TPSA) is 39.1 Å². The number of hydrogen-bond donors (Lipinski definition) is 1. The summed E-state index contributed by atoms with van der Waals surface area (Å²) in [6.07, 6.45) is 0.966. The minimum absolute atomic E-state index is 0.686. The van der Waals surface area contributed by atoms with Crippen molar-refractivity contribution in [3.8, 4) is 5.75 Å². The van der Waals surface area contributed by atoms with Crippen LogP contribution in [0.2, 0.25) is 0 Å². The number of benzene rings is 1. The highest BCUT2D eigenvalue weighted by Crippen LogP contribution is 2.18. The van der Waals surface area contributed by atoms with E-state index in [1.54, 1.807) is 0 Å². The predicted molar refractivity (Wildman–Crippen MR) is 77.5 cm³/mol. The van der Waals surface area contributed by atoms with Crippen LogP contribution in [0.1, 0.15) is 25.2 Å². The van der Waals surface area contributed by atoms with Crippen LogP contribution in [0, 0.1) is 0 Å². The lowest BCUT2D eigenvalue weighted by Gasteiger charge is -2.09. The molecule has 0 amide bonds. The van der Waals surface area contributed by atoms with E-state index >= 15 is 0 Å². The van der Waals surface area contributed by atoms with Gasteiger partial charge in [0.2, 0.25) is 0 Å². The van der Waals surface area contributed by atoms with Gasteiger partial charge < -0.3 is 10.1 Å². The second-order valence-corrected chi connectivity index (χ2v) is 4.42. The summed E-state index contributed by atoms with van der Waals surface area (Å²) >= 11 is 0. The molecule has 0 spiro atoms. The average Bonchev–Trinajstić information content (AvgIpc) is 2.78. The molecule has 0 aliphatic rings. The number of hydrogen-bond acceptors (Lipinski definition) is 3. The van der Waals surface area contributed by atoms with Gasteiger partial charge in [-0.25, -0.2) is 0 Å². The van der Waals surface area contributed by atoms with Gasteiger partial charge in [0.1, 0.15) is 5.75 Å². The summed E-state index contributed by atoms with van der Waals surface area (Å²) in [4.78, 5) is 0. The second kappa shape index (κ2) is 6.27. The number of anilines is 1. The van der Waals surface area contributed by atoms with E-state index in [4.69, 9.17) is 4.74 Å². The molecule has 0 bridgehead atoms. The van der Waals surface area contributed by atoms with Gasteiger partial charge in [0.05, 0.1) is 24.5 Å². The molecule has 0 atom stereocenters. The number of nitrogens with one attached hydrogen (secondary N) is 1. The molecule has 2 aromatic rings. The lowest BCUT2D eigenvalue weighted by atomic mass is 10.2. The Labute approximate surface area is 114 Å². The Morgan fingerprint density at radius 1 is 1.26 bits per heavy atom. The zero-order chi connectivity index (χ0) is 13.7. The second-order valence-electron chi connectivity index (χ2n) is 4.42. The Hall–Kier alpha value is -1.97. The van der Waals surface area contributed by atoms with Crippen molar-refractivity contribution in [2.24, 2.45) is 7.05 Å². The lowest BCUT2D eigenvalue weighted by Crippen LogP contribution is -2.05. The molecule has 4 heteroatoms. The minimum atomic E-state index is 0.686. The van der Waals surface area contributed by atoms with E-state index in [-0.39, 0.29) is 0 Å². The Morgan fingerprint density at radius 3 is 2.79 bits per heavy atom. The molecule has 0 saturated heterocycles. The molecule has 1 aromatic heterocycles. The Bertz CT molecular complexity index is 534. The van der Waals surface area contributed by atoms with Crippen LogP contribution in [0.3, 0.4) is 0 Å². The predicted octanol–water partition coefficient (Wildman–Crippen LogP) is 2.99. The fourth-order valence-corrected chi connectivity index (χ4v) is 1.96. The zero-order valence-electron chi connectivity index (χ0n) is 11.8. The highest BCUT2D eigenvalue weighted by molar-refractivity contribution is 5.48. The molecule has 0 fully saturated rings. The Kier molecular flexibility index (Phi) is 4.44. The first-order valence-electron chi connectivity index (χ1n) is 6.71. The molecule has 19 heavy (non-hydrogen) atoms. The van der Waals surface area contributed by atoms with E-state index in [2.05, 4.69) is 23.4 Å². The standard InChI is InChI=1S/C15H21N3O/c1-4-12-9-14(18(3)17-12)11-16-13-7-6-8-15(10-13)19-5-2/h6-10,16H,4-5,11H2,1-3H3. The van der Waals surface area contributed by atoms with Crippen molar-refractivity contribution in [2.75, 3.05) is 11.9 Å². The lowest BCUT2D eigenvalue weighted by molar-refractivity contribution is 0.340. The maximum atomic E-state index is 5.49. The maximum absolute atomic E-state index is 5.49. The first-order chi connectivity index (χ1) is 9.22. The molecule has 0 radical (unpaired) electrons. The SMILES string of the molecule is CCOc1cccc(NCc2cc(CC)nn2C)c1. The van der Waals surface area contributed by atoms with Gasteiger partial charge in [-0.15, -0.1) is 0 Å². The summed E-state index contributed by atoms with van der Waals surface area (Å²) in [6.45, 7) is 5.55. The molecule has 102 valence electrons. The van der Waals surface area contributed by atoms with E-state index in [1.165, 1.54) is 5.69 Å². The third kappa shape index (κ3) is 3.50. The van der Waals surface area contributed by atoms with E-state index in [0.29, 0.717) is 6.61 Å². The molecular formula is C15H21N3O. The largest absolute Gasteiger partial charge is 0.494 e. The first-order valence-corrected chi connectivity index (χ1v) is 6.71. The fraction of sp³-hybridized carbons (Fsp3) is 0.400. The fourth-order valence-electron chi connectivity index (χ4n) is 1.96. The summed E-state index contributed by atoms with van der Waals surface area (Å²) < 4.78 is 7.42. The smallest absolute Gasteiger partial charge is 0.121 e. The molecule has 1 heterocycles. The van der Waals surface area contributed by atoms with Crippen LogP contribution >= 0.6 is 0 Å². The van der Waals surface area contributed by atoms with Crippen LogP contribution in [0.15, 0.2) is 30.3 Å². The van der Waals surface area contributed by atoms with Crippen molar-refractivity contribution >= 4 is 5.69 Å². The minimum Gasteiger partial charge on any atom is -0.494 e. The number of rotatable bonds is 6. The molecular weight excluding hydrogens is 238 g/mol. The summed E-state index contributed by atoms with van der Waals surface area (Å²) in [7, 11) is 1.98. The van der Waals surface area contributed by atoms with Gasteiger partial charge in [-0.3, -0.25) is 4.68 Å². The molecule has 0 unspecified atom stereocenters. The number of aryl methyl sites for hydroxylation is 2. The van der Waals surface area contributed by atoms with Crippen LogP contribution in [-0.4, -0.2) is 16.4 Å². The molecule has 0 saturated carbocycles. The highest BCUT2D eigenvalue weighted by atomic mass is 16.5. The number of nitrogens with zero attached hydrogens (tertiary/aromatic N) is 2. The monoisotopic (exact) mass is 259 g/mol. The number of ether oxygens (including phenoxy) is 1. The molecule has 0 aliphatic heterocycles. The van der Waals surface area contributed by atoms with Crippen LogP contribution in [0.5, 0.6) is 5.75 Å². The first kappa shape index (κ1) is 13.5. The quantitative estimate of drug-likeness (QED) is 0.866. The van der Waals surface area contributed by atoms with Crippen LogP contribution < -0.4 is 10.1 Å². The van der Waals surface area contributed by atoms with E-state index in [9.17, 15) is 0 Å². The van der Waals surface area contributed by atoms with Crippen molar-refractivity contribution in [3.05, 3.63) is 41.7 Å². The normalized spacial score (nSPS) is 10.5. The summed E-state index contributed by atoms with van der Waals surface area (Å²) in [5, 5.41) is 7.84. The van der Waals surface area contributed by atoms with Gasteiger partial charge in [-0.1, -0.05) is 13.0 Å². The maximum Gasteiger partial charge on any atom is 0.121 e. The summed E-state index contributed by atoms with van der Waals surface area (Å²) in [5.74, 6) is 0.895. The third-order valence-electron chi connectivity index (χ3n) is 3.01. The van der Waals surface area contributed by atoms with Gasteiger partial charge in [0.15, 0.2) is 0 Å². The highest BCUT2D eigenvalue weighted by Gasteiger charge is 2.03. The van der Waals surface area contributed by atoms with Gasteiger partial charge in [-0.05, 0) is 31.5 Å². The third-order valence-corrected chi connectivity index (χ3v) is 3.01. The molecule has 1 N–H and O–H groups in total. The van der Waals surface area contributed by atoms with Crippen molar-refractivity contribution in [1.29, 1.82) is 0 Å². The number of aromatic nitrogens is 2. The Morgan fingerprint density at radius 2 is 2.11 bits per heavy atom. The van der Waals surface area contributed by atoms with Gasteiger partial charge in [0, 0.05) is 18.8 Å². The van der Waals surface area contributed by atoms with E-state index < -0.39 is 0 Å². The van der Waals surface area contributed by atoms with Crippen LogP contribution in [0.25, 0.3) is 0 Å². The van der Waals surface area contributed by atoms with Crippen LogP contribution in [0.4, 0.5) is 5.69 Å². The Balaban J connectivity index is 2.01. The van der Waals surface area contributed by atoms with Crippen molar-refractivity contribution in [1.82, 2.24) is 9.78 Å². The van der Waals surface area contributed by atoms with Crippen molar-refractivity contribution < 1.29 is 4.74 Å². The van der Waals surface area contributed by atoms with Gasteiger partial charge in [-0.2, -0.15) is 5.10 Å². The average molecular weight is 259 g/mol. The van der Waals surface area contributed by atoms with E-state index in [1.807, 2.05) is 42.9 Å².